The molecule has 0 bridgehead atoms. The summed E-state index contributed by atoms with van der Waals surface area (Å²) in [5.41, 5.74) is -0.879. The fourth-order valence-electron chi connectivity index (χ4n) is 2.00. The maximum Gasteiger partial charge on any atom is 0.421 e. The molecule has 0 amide bonds. The Morgan fingerprint density at radius 1 is 1.50 bits per heavy atom. The van der Waals surface area contributed by atoms with Crippen molar-refractivity contribution in [2.75, 3.05) is 33.8 Å². The molecule has 0 radical (unpaired) electrons. The molecule has 0 aliphatic heterocycles. The Kier molecular flexibility index (Phi) is 8.08. The van der Waals surface area contributed by atoms with Crippen LogP contribution in [0.1, 0.15) is 18.4 Å². The SMILES string of the molecule is C=CCCCN(C)C(=NC)NCCOc1ncccc1C(F)(F)F. The van der Waals surface area contributed by atoms with Gasteiger partial charge in [0.15, 0.2) is 5.96 Å². The third-order valence-corrected chi connectivity index (χ3v) is 3.18. The normalized spacial score (nSPS) is 12.0. The number of pyridine rings is 1. The third-order valence-electron chi connectivity index (χ3n) is 3.18. The minimum absolute atomic E-state index is 0.0413. The highest BCUT2D eigenvalue weighted by molar-refractivity contribution is 5.79. The molecule has 0 saturated carbocycles. The van der Waals surface area contributed by atoms with Crippen LogP contribution in [0.4, 0.5) is 13.2 Å². The number of alkyl halides is 3. The number of aromatic nitrogens is 1. The fraction of sp³-hybridized carbons (Fsp3) is 0.500. The maximum absolute atomic E-state index is 12.8. The predicted molar refractivity (Wildman–Crippen MR) is 88.2 cm³/mol. The molecule has 1 aromatic heterocycles. The molecule has 0 spiro atoms. The summed E-state index contributed by atoms with van der Waals surface area (Å²) in [4.78, 5) is 9.71. The molecule has 0 atom stereocenters. The van der Waals surface area contributed by atoms with E-state index in [9.17, 15) is 13.2 Å². The van der Waals surface area contributed by atoms with Gasteiger partial charge in [0.25, 0.3) is 0 Å². The molecule has 1 heterocycles. The maximum atomic E-state index is 12.8. The number of hydrogen-bond acceptors (Lipinski definition) is 3. The van der Waals surface area contributed by atoms with Crippen molar-refractivity contribution < 1.29 is 17.9 Å². The number of aliphatic imine (C=N–C) groups is 1. The number of rotatable bonds is 8. The van der Waals surface area contributed by atoms with Crippen molar-refractivity contribution >= 4 is 5.96 Å². The average molecular weight is 344 g/mol. The standard InChI is InChI=1S/C16H23F3N4O/c1-4-5-6-11-23(3)15(20-2)22-10-12-24-14-13(16(17,18)19)8-7-9-21-14/h4,7-9H,1,5-6,10-12H2,2-3H3,(H,20,22). The lowest BCUT2D eigenvalue weighted by Crippen LogP contribution is -2.41. The van der Waals surface area contributed by atoms with Crippen LogP contribution >= 0.6 is 0 Å². The van der Waals surface area contributed by atoms with Crippen molar-refractivity contribution in [3.05, 3.63) is 36.5 Å². The minimum Gasteiger partial charge on any atom is -0.475 e. The Balaban J connectivity index is 2.46. The largest absolute Gasteiger partial charge is 0.475 e. The van der Waals surface area contributed by atoms with Gasteiger partial charge in [-0.15, -0.1) is 6.58 Å². The summed E-state index contributed by atoms with van der Waals surface area (Å²) >= 11 is 0. The van der Waals surface area contributed by atoms with Gasteiger partial charge in [-0.05, 0) is 25.0 Å². The smallest absolute Gasteiger partial charge is 0.421 e. The van der Waals surface area contributed by atoms with Gasteiger partial charge in [0.2, 0.25) is 5.88 Å². The second kappa shape index (κ2) is 9.79. The van der Waals surface area contributed by atoms with Crippen molar-refractivity contribution in [2.24, 2.45) is 4.99 Å². The number of guanidine groups is 1. The fourth-order valence-corrected chi connectivity index (χ4v) is 2.00. The third kappa shape index (κ3) is 6.47. The Bertz CT molecular complexity index is 546. The molecule has 0 aliphatic carbocycles. The van der Waals surface area contributed by atoms with Crippen molar-refractivity contribution in [3.63, 3.8) is 0 Å². The molecule has 8 heteroatoms. The summed E-state index contributed by atoms with van der Waals surface area (Å²) in [5.74, 6) is 0.237. The van der Waals surface area contributed by atoms with E-state index < -0.39 is 17.6 Å². The van der Waals surface area contributed by atoms with E-state index in [0.29, 0.717) is 12.5 Å². The van der Waals surface area contributed by atoms with E-state index in [1.165, 1.54) is 12.3 Å². The second-order valence-corrected chi connectivity index (χ2v) is 5.03. The van der Waals surface area contributed by atoms with E-state index in [-0.39, 0.29) is 6.61 Å². The molecule has 0 fully saturated rings. The van der Waals surface area contributed by atoms with Crippen molar-refractivity contribution in [1.29, 1.82) is 0 Å². The number of nitrogens with one attached hydrogen (secondary N) is 1. The summed E-state index contributed by atoms with van der Waals surface area (Å²) in [5, 5.41) is 3.04. The molecule has 134 valence electrons. The molecule has 24 heavy (non-hydrogen) atoms. The highest BCUT2D eigenvalue weighted by atomic mass is 19.4. The first-order valence-electron chi connectivity index (χ1n) is 7.57. The van der Waals surface area contributed by atoms with Crippen LogP contribution in [0.5, 0.6) is 5.88 Å². The molecular formula is C16H23F3N4O. The Morgan fingerprint density at radius 3 is 2.88 bits per heavy atom. The second-order valence-electron chi connectivity index (χ2n) is 5.03. The van der Waals surface area contributed by atoms with Crippen LogP contribution in [0.2, 0.25) is 0 Å². The number of allylic oxidation sites excluding steroid dienone is 1. The number of nitrogens with zero attached hydrogens (tertiary/aromatic N) is 3. The van der Waals surface area contributed by atoms with Gasteiger partial charge in [-0.2, -0.15) is 13.2 Å². The molecular weight excluding hydrogens is 321 g/mol. The lowest BCUT2D eigenvalue weighted by molar-refractivity contribution is -0.139. The van der Waals surface area contributed by atoms with Gasteiger partial charge in [0.1, 0.15) is 12.2 Å². The first kappa shape index (κ1) is 19.8. The summed E-state index contributed by atoms with van der Waals surface area (Å²) in [6.45, 7) is 4.82. The molecule has 1 rings (SSSR count). The van der Waals surface area contributed by atoms with Crippen LogP contribution < -0.4 is 10.1 Å². The van der Waals surface area contributed by atoms with Gasteiger partial charge < -0.3 is 15.0 Å². The van der Waals surface area contributed by atoms with E-state index >= 15 is 0 Å². The van der Waals surface area contributed by atoms with E-state index in [4.69, 9.17) is 4.74 Å². The van der Waals surface area contributed by atoms with Gasteiger partial charge in [-0.3, -0.25) is 4.99 Å². The minimum atomic E-state index is -4.49. The molecule has 1 aromatic rings. The van der Waals surface area contributed by atoms with Gasteiger partial charge in [0, 0.05) is 26.8 Å². The van der Waals surface area contributed by atoms with Crippen LogP contribution in [0.25, 0.3) is 0 Å². The van der Waals surface area contributed by atoms with Gasteiger partial charge in [0.05, 0.1) is 6.54 Å². The summed E-state index contributed by atoms with van der Waals surface area (Å²) in [7, 11) is 3.54. The quantitative estimate of drug-likeness (QED) is 0.341. The zero-order chi connectivity index (χ0) is 18.0. The van der Waals surface area contributed by atoms with E-state index in [2.05, 4.69) is 21.9 Å². The molecule has 0 unspecified atom stereocenters. The van der Waals surface area contributed by atoms with E-state index in [1.54, 1.807) is 7.05 Å². The average Bonchev–Trinajstić information content (AvgIpc) is 2.54. The van der Waals surface area contributed by atoms with Gasteiger partial charge >= 0.3 is 6.18 Å². The van der Waals surface area contributed by atoms with Crippen molar-refractivity contribution in [1.82, 2.24) is 15.2 Å². The molecule has 0 saturated heterocycles. The van der Waals surface area contributed by atoms with Crippen LogP contribution in [0.15, 0.2) is 36.0 Å². The Morgan fingerprint density at radius 2 is 2.25 bits per heavy atom. The highest BCUT2D eigenvalue weighted by Gasteiger charge is 2.34. The van der Waals surface area contributed by atoms with Crippen molar-refractivity contribution in [2.45, 2.75) is 19.0 Å². The number of halogens is 3. The first-order valence-corrected chi connectivity index (χ1v) is 7.57. The Labute approximate surface area is 140 Å². The van der Waals surface area contributed by atoms with Crippen molar-refractivity contribution in [3.8, 4) is 5.88 Å². The van der Waals surface area contributed by atoms with Gasteiger partial charge in [-0.1, -0.05) is 6.08 Å². The first-order chi connectivity index (χ1) is 11.4. The number of hydrogen-bond donors (Lipinski definition) is 1. The topological polar surface area (TPSA) is 49.8 Å². The predicted octanol–water partition coefficient (Wildman–Crippen LogP) is 2.95. The summed E-state index contributed by atoms with van der Waals surface area (Å²) < 4.78 is 43.6. The lowest BCUT2D eigenvalue weighted by atomic mass is 10.2. The van der Waals surface area contributed by atoms with Crippen LogP contribution in [0, 0.1) is 0 Å². The monoisotopic (exact) mass is 344 g/mol. The zero-order valence-electron chi connectivity index (χ0n) is 13.9. The molecule has 0 aromatic carbocycles. The summed E-state index contributed by atoms with van der Waals surface area (Å²) in [6, 6.07) is 2.18. The molecule has 0 aliphatic rings. The lowest BCUT2D eigenvalue weighted by Gasteiger charge is -2.22. The van der Waals surface area contributed by atoms with E-state index in [1.807, 2.05) is 18.0 Å². The molecule has 5 nitrogen and oxygen atoms in total. The highest BCUT2D eigenvalue weighted by Crippen LogP contribution is 2.34. The van der Waals surface area contributed by atoms with E-state index in [0.717, 1.165) is 25.5 Å². The van der Waals surface area contributed by atoms with Crippen LogP contribution in [-0.4, -0.2) is 49.6 Å². The Hall–Kier alpha value is -2.25. The van der Waals surface area contributed by atoms with Crippen LogP contribution in [-0.2, 0) is 6.18 Å². The summed E-state index contributed by atoms with van der Waals surface area (Å²) in [6.07, 6.45) is 0.482. The zero-order valence-corrected chi connectivity index (χ0v) is 13.9. The molecule has 1 N–H and O–H groups in total. The number of unbranched alkanes of at least 4 members (excludes halogenated alkanes) is 1. The van der Waals surface area contributed by atoms with Gasteiger partial charge in [-0.25, -0.2) is 4.98 Å². The number of ether oxygens (including phenoxy) is 1. The van der Waals surface area contributed by atoms with Crippen LogP contribution in [0.3, 0.4) is 0 Å².